The molecular formula is C27H31F4N3O. The molecule has 0 aliphatic carbocycles. The van der Waals surface area contributed by atoms with Gasteiger partial charge in [0.05, 0.1) is 5.56 Å². The van der Waals surface area contributed by atoms with Crippen molar-refractivity contribution in [2.45, 2.75) is 57.2 Å². The van der Waals surface area contributed by atoms with Crippen LogP contribution in [-0.4, -0.2) is 47.7 Å². The molecule has 0 radical (unpaired) electrons. The molecule has 4 rings (SSSR count). The monoisotopic (exact) mass is 489 g/mol. The van der Waals surface area contributed by atoms with E-state index in [1.807, 2.05) is 13.8 Å². The number of likely N-dealkylation sites (tertiary alicyclic amines) is 1. The molecule has 2 aromatic rings. The number of alkyl halides is 3. The number of rotatable bonds is 7. The van der Waals surface area contributed by atoms with E-state index in [-0.39, 0.29) is 17.6 Å². The molecule has 2 aliphatic rings. The Labute approximate surface area is 203 Å². The molecule has 1 fully saturated rings. The summed E-state index contributed by atoms with van der Waals surface area (Å²) in [6.45, 7) is 6.92. The van der Waals surface area contributed by atoms with Gasteiger partial charge in [-0.1, -0.05) is 31.2 Å². The third kappa shape index (κ3) is 5.27. The van der Waals surface area contributed by atoms with E-state index in [1.54, 1.807) is 29.2 Å². The van der Waals surface area contributed by atoms with Crippen LogP contribution in [0.4, 0.5) is 17.6 Å². The minimum atomic E-state index is -4.31. The third-order valence-electron chi connectivity index (χ3n) is 7.33. The van der Waals surface area contributed by atoms with Gasteiger partial charge in [0.1, 0.15) is 11.7 Å². The highest BCUT2D eigenvalue weighted by Crippen LogP contribution is 2.37. The van der Waals surface area contributed by atoms with Gasteiger partial charge < -0.3 is 4.90 Å². The number of benzene rings is 2. The van der Waals surface area contributed by atoms with Crippen molar-refractivity contribution in [2.75, 3.05) is 26.2 Å². The fourth-order valence-electron chi connectivity index (χ4n) is 5.25. The molecule has 8 heteroatoms. The average molecular weight is 490 g/mol. The van der Waals surface area contributed by atoms with Gasteiger partial charge in [-0.2, -0.15) is 13.2 Å². The number of hydrogen-bond donors (Lipinski definition) is 0. The maximum Gasteiger partial charge on any atom is 0.416 e. The van der Waals surface area contributed by atoms with Crippen molar-refractivity contribution in [2.24, 2.45) is 4.99 Å². The van der Waals surface area contributed by atoms with Crippen LogP contribution in [0, 0.1) is 5.82 Å². The summed E-state index contributed by atoms with van der Waals surface area (Å²) in [6, 6.07) is 11.5. The van der Waals surface area contributed by atoms with Crippen LogP contribution in [0.15, 0.2) is 53.5 Å². The molecule has 0 N–H and O–H groups in total. The number of nitrogens with zero attached hydrogens (tertiary/aromatic N) is 3. The Kier molecular flexibility index (Phi) is 7.31. The Balaban J connectivity index is 1.28. The van der Waals surface area contributed by atoms with E-state index < -0.39 is 17.3 Å². The van der Waals surface area contributed by atoms with Crippen molar-refractivity contribution in [1.82, 2.24) is 9.80 Å². The number of amides is 1. The largest absolute Gasteiger partial charge is 0.416 e. The van der Waals surface area contributed by atoms with Gasteiger partial charge in [0.15, 0.2) is 5.54 Å². The van der Waals surface area contributed by atoms with Gasteiger partial charge in [-0.25, -0.2) is 4.39 Å². The predicted molar refractivity (Wildman–Crippen MR) is 128 cm³/mol. The first-order valence-electron chi connectivity index (χ1n) is 12.2. The van der Waals surface area contributed by atoms with Gasteiger partial charge in [0.2, 0.25) is 0 Å². The van der Waals surface area contributed by atoms with E-state index in [0.29, 0.717) is 24.4 Å². The molecule has 1 saturated heterocycles. The van der Waals surface area contributed by atoms with E-state index in [9.17, 15) is 22.4 Å². The predicted octanol–water partition coefficient (Wildman–Crippen LogP) is 5.98. The molecule has 0 bridgehead atoms. The molecule has 1 amide bonds. The van der Waals surface area contributed by atoms with Crippen molar-refractivity contribution in [3.05, 3.63) is 71.0 Å². The van der Waals surface area contributed by atoms with Gasteiger partial charge in [0.25, 0.3) is 5.91 Å². The van der Waals surface area contributed by atoms with E-state index in [0.717, 1.165) is 44.5 Å². The van der Waals surface area contributed by atoms with Crippen LogP contribution in [0.1, 0.15) is 62.1 Å². The molecule has 0 spiro atoms. The molecule has 1 unspecified atom stereocenters. The molecule has 2 aromatic carbocycles. The maximum absolute atomic E-state index is 13.4. The molecule has 188 valence electrons. The van der Waals surface area contributed by atoms with Crippen LogP contribution in [0.25, 0.3) is 0 Å². The summed E-state index contributed by atoms with van der Waals surface area (Å²) in [7, 11) is 0. The third-order valence-corrected chi connectivity index (χ3v) is 7.33. The zero-order chi connectivity index (χ0) is 25.2. The first kappa shape index (κ1) is 25.4. The highest BCUT2D eigenvalue weighted by atomic mass is 19.4. The lowest BCUT2D eigenvalue weighted by molar-refractivity contribution is -0.137. The Bertz CT molecular complexity index is 1060. The second kappa shape index (κ2) is 10.1. The Morgan fingerprint density at radius 1 is 1.00 bits per heavy atom. The summed E-state index contributed by atoms with van der Waals surface area (Å²) < 4.78 is 51.8. The van der Waals surface area contributed by atoms with Gasteiger partial charge in [-0.3, -0.25) is 14.7 Å². The molecular weight excluding hydrogens is 458 g/mol. The zero-order valence-corrected chi connectivity index (χ0v) is 20.1. The lowest BCUT2D eigenvalue weighted by Gasteiger charge is -2.33. The Morgan fingerprint density at radius 3 is 2.20 bits per heavy atom. The molecule has 2 heterocycles. The van der Waals surface area contributed by atoms with E-state index in [4.69, 9.17) is 4.99 Å². The second-order valence-electron chi connectivity index (χ2n) is 9.43. The Hall–Kier alpha value is -2.74. The van der Waals surface area contributed by atoms with Gasteiger partial charge in [-0.15, -0.1) is 0 Å². The van der Waals surface area contributed by atoms with E-state index in [1.165, 1.54) is 24.3 Å². The molecule has 2 aliphatic heterocycles. The lowest BCUT2D eigenvalue weighted by atomic mass is 9.87. The summed E-state index contributed by atoms with van der Waals surface area (Å²) in [4.78, 5) is 22.2. The van der Waals surface area contributed by atoms with Crippen molar-refractivity contribution in [1.29, 1.82) is 0 Å². The summed E-state index contributed by atoms with van der Waals surface area (Å²) in [5.41, 5.74) is 0.0700. The molecule has 4 nitrogen and oxygen atoms in total. The fraction of sp³-hybridized carbons (Fsp3) is 0.481. The van der Waals surface area contributed by atoms with Crippen LogP contribution in [0.3, 0.4) is 0 Å². The van der Waals surface area contributed by atoms with E-state index >= 15 is 0 Å². The number of halogens is 4. The minimum absolute atomic E-state index is 0.0647. The quantitative estimate of drug-likeness (QED) is 0.449. The number of piperidine rings is 1. The zero-order valence-electron chi connectivity index (χ0n) is 20.1. The summed E-state index contributed by atoms with van der Waals surface area (Å²) in [5.74, 6) is 0.543. The maximum atomic E-state index is 13.4. The Morgan fingerprint density at radius 2 is 1.63 bits per heavy atom. The van der Waals surface area contributed by atoms with Gasteiger partial charge in [0, 0.05) is 6.54 Å². The summed E-state index contributed by atoms with van der Waals surface area (Å²) in [6.07, 6.45) is -1.21. The molecule has 0 saturated carbocycles. The van der Waals surface area contributed by atoms with Crippen molar-refractivity contribution in [3.63, 3.8) is 0 Å². The van der Waals surface area contributed by atoms with Crippen LogP contribution in [0.5, 0.6) is 0 Å². The van der Waals surface area contributed by atoms with Crippen LogP contribution >= 0.6 is 0 Å². The molecule has 0 aromatic heterocycles. The average Bonchev–Trinajstić information content (AvgIpc) is 3.09. The van der Waals surface area contributed by atoms with Crippen molar-refractivity contribution >= 4 is 11.7 Å². The summed E-state index contributed by atoms with van der Waals surface area (Å²) in [5, 5.41) is 0. The number of carbonyl (C=O) groups is 1. The smallest absolute Gasteiger partial charge is 0.303 e. The second-order valence-corrected chi connectivity index (χ2v) is 9.43. The van der Waals surface area contributed by atoms with Crippen LogP contribution in [0.2, 0.25) is 0 Å². The number of carbonyl (C=O) groups excluding carboxylic acids is 1. The number of hydrogen-bond acceptors (Lipinski definition) is 3. The number of aliphatic imine (C=N–C) groups is 1. The van der Waals surface area contributed by atoms with Crippen LogP contribution in [-0.2, 0) is 16.5 Å². The lowest BCUT2D eigenvalue weighted by Crippen LogP contribution is -2.42. The minimum Gasteiger partial charge on any atom is -0.303 e. The van der Waals surface area contributed by atoms with Crippen molar-refractivity contribution in [3.8, 4) is 0 Å². The topological polar surface area (TPSA) is 35.9 Å². The van der Waals surface area contributed by atoms with Crippen LogP contribution < -0.4 is 0 Å². The highest BCUT2D eigenvalue weighted by Gasteiger charge is 2.46. The fourth-order valence-corrected chi connectivity index (χ4v) is 5.25. The standard InChI is InChI=1S/C27H31F4N3O/c1-3-26(22-9-11-24(28)12-10-22)25(35)34(19(2)32-26)16-4-15-33-17-13-21(14-18-33)20-5-7-23(8-6-20)27(29,30)31/h5-12,21H,3-4,13-18H2,1-2H3. The van der Waals surface area contributed by atoms with Gasteiger partial charge in [-0.05, 0) is 93.6 Å². The van der Waals surface area contributed by atoms with Crippen molar-refractivity contribution < 1.29 is 22.4 Å². The number of amidine groups is 1. The molecule has 35 heavy (non-hydrogen) atoms. The first-order chi connectivity index (χ1) is 16.6. The highest BCUT2D eigenvalue weighted by molar-refractivity contribution is 6.07. The van der Waals surface area contributed by atoms with Gasteiger partial charge >= 0.3 is 6.18 Å². The first-order valence-corrected chi connectivity index (χ1v) is 12.2. The van der Waals surface area contributed by atoms with E-state index in [2.05, 4.69) is 4.90 Å². The SMILES string of the molecule is CCC1(c2ccc(F)cc2)N=C(C)N(CCCN2CCC(c3ccc(C(F)(F)F)cc3)CC2)C1=O. The summed E-state index contributed by atoms with van der Waals surface area (Å²) >= 11 is 0. The molecule has 1 atom stereocenters. The normalized spacial score (nSPS) is 22.1.